The summed E-state index contributed by atoms with van der Waals surface area (Å²) in [6, 6.07) is 31.7. The van der Waals surface area contributed by atoms with E-state index in [-0.39, 0.29) is 11.4 Å². The van der Waals surface area contributed by atoms with Gasteiger partial charge < -0.3 is 4.74 Å². The number of benzene rings is 4. The fourth-order valence-electron chi connectivity index (χ4n) is 3.63. The molecule has 0 bridgehead atoms. The third-order valence-electron chi connectivity index (χ3n) is 5.29. The van der Waals surface area contributed by atoms with Crippen LogP contribution in [0, 0.1) is 20.2 Å². The summed E-state index contributed by atoms with van der Waals surface area (Å²) < 4.78 is 6.66. The van der Waals surface area contributed by atoms with Gasteiger partial charge in [0, 0.05) is 24.3 Å². The molecule has 4 aromatic rings. The number of hydrogen-bond acceptors (Lipinski definition) is 5. The molecule has 2 unspecified atom stereocenters. The molecule has 33 heavy (non-hydrogen) atoms. The number of non-ortho nitro benzene ring substituents is 2. The maximum Gasteiger partial charge on any atom is 0.269 e. The van der Waals surface area contributed by atoms with Crippen molar-refractivity contribution in [1.29, 1.82) is 0 Å². The second-order valence-electron chi connectivity index (χ2n) is 7.41. The second-order valence-corrected chi connectivity index (χ2v) is 7.41. The zero-order valence-electron chi connectivity index (χ0n) is 17.5. The average Bonchev–Trinajstić information content (AvgIpc) is 2.86. The van der Waals surface area contributed by atoms with Crippen LogP contribution in [0.3, 0.4) is 0 Å². The molecule has 0 saturated carbocycles. The molecule has 4 rings (SSSR count). The minimum atomic E-state index is -0.521. The van der Waals surface area contributed by atoms with E-state index in [9.17, 15) is 20.2 Å². The standard InChI is InChI=1S/C26H20N2O5/c29-27(30)23-15-11-21(12-16-23)25(19-7-3-1-4-8-19)33-26(20-9-5-2-6-10-20)22-13-17-24(18-14-22)28(31)32/h1-18,25-26H. The summed E-state index contributed by atoms with van der Waals surface area (Å²) in [5.74, 6) is 0. The van der Waals surface area contributed by atoms with Gasteiger partial charge in [-0.25, -0.2) is 0 Å². The number of nitrogens with zero attached hydrogens (tertiary/aromatic N) is 2. The Morgan fingerprint density at radius 1 is 0.485 bits per heavy atom. The van der Waals surface area contributed by atoms with E-state index in [0.717, 1.165) is 22.3 Å². The first-order valence-corrected chi connectivity index (χ1v) is 10.3. The Bertz CT molecular complexity index is 1130. The van der Waals surface area contributed by atoms with Crippen molar-refractivity contribution in [3.05, 3.63) is 152 Å². The maximum absolute atomic E-state index is 11.1. The first-order valence-electron chi connectivity index (χ1n) is 10.3. The smallest absolute Gasteiger partial charge is 0.269 e. The summed E-state index contributed by atoms with van der Waals surface area (Å²) >= 11 is 0. The summed E-state index contributed by atoms with van der Waals surface area (Å²) in [7, 11) is 0. The van der Waals surface area contributed by atoms with Crippen LogP contribution in [-0.2, 0) is 4.74 Å². The molecule has 7 nitrogen and oxygen atoms in total. The molecule has 2 atom stereocenters. The van der Waals surface area contributed by atoms with E-state index in [0.29, 0.717) is 0 Å². The molecular formula is C26H20N2O5. The second kappa shape index (κ2) is 9.84. The van der Waals surface area contributed by atoms with E-state index in [1.807, 2.05) is 60.7 Å². The van der Waals surface area contributed by atoms with Crippen LogP contribution in [0.15, 0.2) is 109 Å². The summed E-state index contributed by atoms with van der Waals surface area (Å²) in [5, 5.41) is 22.2. The molecule has 0 heterocycles. The monoisotopic (exact) mass is 440 g/mol. The number of rotatable bonds is 8. The van der Waals surface area contributed by atoms with Crippen molar-refractivity contribution in [2.45, 2.75) is 12.2 Å². The minimum Gasteiger partial charge on any atom is -0.356 e. The van der Waals surface area contributed by atoms with E-state index in [1.165, 1.54) is 24.3 Å². The van der Waals surface area contributed by atoms with Crippen molar-refractivity contribution in [2.75, 3.05) is 0 Å². The van der Waals surface area contributed by atoms with Crippen LogP contribution < -0.4 is 0 Å². The van der Waals surface area contributed by atoms with Gasteiger partial charge in [-0.3, -0.25) is 20.2 Å². The largest absolute Gasteiger partial charge is 0.356 e. The maximum atomic E-state index is 11.1. The van der Waals surface area contributed by atoms with Gasteiger partial charge in [0.1, 0.15) is 12.2 Å². The Balaban J connectivity index is 1.77. The molecule has 0 aromatic heterocycles. The van der Waals surface area contributed by atoms with Gasteiger partial charge in [-0.1, -0.05) is 60.7 Å². The molecule has 0 aliphatic carbocycles. The van der Waals surface area contributed by atoms with E-state index in [4.69, 9.17) is 4.74 Å². The van der Waals surface area contributed by atoms with Crippen LogP contribution in [-0.4, -0.2) is 9.85 Å². The molecule has 0 radical (unpaired) electrons. The Morgan fingerprint density at radius 2 is 0.788 bits per heavy atom. The van der Waals surface area contributed by atoms with Gasteiger partial charge >= 0.3 is 0 Å². The van der Waals surface area contributed by atoms with Crippen molar-refractivity contribution in [3.8, 4) is 0 Å². The molecule has 0 fully saturated rings. The highest BCUT2D eigenvalue weighted by Crippen LogP contribution is 2.36. The van der Waals surface area contributed by atoms with Crippen LogP contribution in [0.1, 0.15) is 34.5 Å². The highest BCUT2D eigenvalue weighted by atomic mass is 16.6. The summed E-state index contributed by atoms with van der Waals surface area (Å²) in [5.41, 5.74) is 3.29. The summed E-state index contributed by atoms with van der Waals surface area (Å²) in [6.45, 7) is 0. The van der Waals surface area contributed by atoms with E-state index in [2.05, 4.69) is 0 Å². The van der Waals surface area contributed by atoms with Crippen LogP contribution in [0.5, 0.6) is 0 Å². The SMILES string of the molecule is O=[N+]([O-])c1ccc(C(OC(c2ccccc2)c2ccc([N+](=O)[O-])cc2)c2ccccc2)cc1. The van der Waals surface area contributed by atoms with E-state index in [1.54, 1.807) is 24.3 Å². The first-order chi connectivity index (χ1) is 16.0. The van der Waals surface area contributed by atoms with Crippen LogP contribution in [0.25, 0.3) is 0 Å². The highest BCUT2D eigenvalue weighted by Gasteiger charge is 2.24. The van der Waals surface area contributed by atoms with Gasteiger partial charge in [-0.05, 0) is 46.5 Å². The Labute approximate surface area is 190 Å². The van der Waals surface area contributed by atoms with Crippen LogP contribution >= 0.6 is 0 Å². The number of hydrogen-bond donors (Lipinski definition) is 0. The third kappa shape index (κ3) is 5.11. The van der Waals surface area contributed by atoms with Crippen LogP contribution in [0.2, 0.25) is 0 Å². The fraction of sp³-hybridized carbons (Fsp3) is 0.0769. The zero-order chi connectivity index (χ0) is 23.2. The molecule has 0 amide bonds. The lowest BCUT2D eigenvalue weighted by molar-refractivity contribution is -0.385. The van der Waals surface area contributed by atoms with E-state index >= 15 is 0 Å². The normalized spacial score (nSPS) is 12.6. The lowest BCUT2D eigenvalue weighted by Crippen LogP contribution is -2.13. The van der Waals surface area contributed by atoms with Gasteiger partial charge in [0.2, 0.25) is 0 Å². The molecule has 0 aliphatic rings. The van der Waals surface area contributed by atoms with Crippen LogP contribution in [0.4, 0.5) is 11.4 Å². The lowest BCUT2D eigenvalue weighted by Gasteiger charge is -2.26. The lowest BCUT2D eigenvalue weighted by atomic mass is 9.97. The van der Waals surface area contributed by atoms with Crippen molar-refractivity contribution in [1.82, 2.24) is 0 Å². The Morgan fingerprint density at radius 3 is 1.09 bits per heavy atom. The summed E-state index contributed by atoms with van der Waals surface area (Å²) in [6.07, 6.45) is -1.04. The quantitative estimate of drug-likeness (QED) is 0.233. The van der Waals surface area contributed by atoms with Gasteiger partial charge in [0.25, 0.3) is 11.4 Å². The molecule has 0 spiro atoms. The predicted octanol–water partition coefficient (Wildman–Crippen LogP) is 6.40. The average molecular weight is 440 g/mol. The highest BCUT2D eigenvalue weighted by molar-refractivity contribution is 5.40. The fourth-order valence-corrected chi connectivity index (χ4v) is 3.63. The third-order valence-corrected chi connectivity index (χ3v) is 5.29. The number of nitro benzene ring substituents is 2. The topological polar surface area (TPSA) is 95.5 Å². The number of nitro groups is 2. The molecule has 164 valence electrons. The van der Waals surface area contributed by atoms with Crippen molar-refractivity contribution >= 4 is 11.4 Å². The predicted molar refractivity (Wildman–Crippen MR) is 124 cm³/mol. The van der Waals surface area contributed by atoms with Crippen molar-refractivity contribution < 1.29 is 14.6 Å². The Kier molecular flexibility index (Phi) is 6.52. The van der Waals surface area contributed by atoms with Gasteiger partial charge in [0.05, 0.1) is 9.85 Å². The number of ether oxygens (including phenoxy) is 1. The molecule has 0 aliphatic heterocycles. The molecule has 4 aromatic carbocycles. The van der Waals surface area contributed by atoms with Crippen molar-refractivity contribution in [2.24, 2.45) is 0 Å². The molecular weight excluding hydrogens is 420 g/mol. The first kappa shape index (κ1) is 21.9. The summed E-state index contributed by atoms with van der Waals surface area (Å²) in [4.78, 5) is 21.3. The molecule has 0 N–H and O–H groups in total. The van der Waals surface area contributed by atoms with Crippen molar-refractivity contribution in [3.63, 3.8) is 0 Å². The molecule has 0 saturated heterocycles. The zero-order valence-corrected chi connectivity index (χ0v) is 17.5. The Hall–Kier alpha value is -4.36. The van der Waals surface area contributed by atoms with Gasteiger partial charge in [0.15, 0.2) is 0 Å². The van der Waals surface area contributed by atoms with Gasteiger partial charge in [-0.15, -0.1) is 0 Å². The minimum absolute atomic E-state index is 0.000500. The molecule has 7 heteroatoms. The van der Waals surface area contributed by atoms with E-state index < -0.39 is 22.1 Å². The van der Waals surface area contributed by atoms with Gasteiger partial charge in [-0.2, -0.15) is 0 Å².